The van der Waals surface area contributed by atoms with Gasteiger partial charge in [-0.1, -0.05) is 34.8 Å². The van der Waals surface area contributed by atoms with Crippen molar-refractivity contribution in [2.24, 2.45) is 0 Å². The summed E-state index contributed by atoms with van der Waals surface area (Å²) in [7, 11) is 0. The van der Waals surface area contributed by atoms with Crippen molar-refractivity contribution in [1.29, 1.82) is 0 Å². The van der Waals surface area contributed by atoms with Crippen LogP contribution in [-0.2, 0) is 4.74 Å². The molecule has 1 aliphatic heterocycles. The lowest BCUT2D eigenvalue weighted by Gasteiger charge is -2.20. The molecule has 3 N–H and O–H groups in total. The van der Waals surface area contributed by atoms with E-state index in [0.29, 0.717) is 23.0 Å². The zero-order valence-corrected chi connectivity index (χ0v) is 15.0. The van der Waals surface area contributed by atoms with Crippen molar-refractivity contribution in [1.82, 2.24) is 9.55 Å². The smallest absolute Gasteiger partial charge is 0.206 e. The maximum absolute atomic E-state index is 10.4. The first kappa shape index (κ1) is 16.7. The van der Waals surface area contributed by atoms with Crippen LogP contribution in [0.15, 0.2) is 6.07 Å². The molecule has 0 unspecified atom stereocenters. The molecule has 4 rings (SSSR count). The van der Waals surface area contributed by atoms with Gasteiger partial charge in [-0.25, -0.2) is 4.98 Å². The van der Waals surface area contributed by atoms with Gasteiger partial charge in [-0.2, -0.15) is 0 Å². The third-order valence-corrected chi connectivity index (χ3v) is 5.72. The number of aliphatic hydroxyl groups excluding tert-OH is 2. The van der Waals surface area contributed by atoms with Crippen molar-refractivity contribution >= 4 is 51.8 Å². The highest BCUT2D eigenvalue weighted by molar-refractivity contribution is 6.50. The molecule has 4 atom stereocenters. The maximum atomic E-state index is 10.4. The zero-order valence-electron chi connectivity index (χ0n) is 12.7. The Balaban J connectivity index is 1.91. The van der Waals surface area contributed by atoms with E-state index in [1.807, 2.05) is 0 Å². The van der Waals surface area contributed by atoms with E-state index < -0.39 is 24.5 Å². The van der Waals surface area contributed by atoms with Crippen molar-refractivity contribution < 1.29 is 14.9 Å². The molecule has 1 saturated heterocycles. The SMILES string of the molecule is C[C@H]1O[C@@H](n2c(NC3CC3)nc3c(Cl)c(Cl)c(Cl)cc32)[C@H](O)[C@@H]1O. The summed E-state index contributed by atoms with van der Waals surface area (Å²) in [5.41, 5.74) is 1.06. The summed E-state index contributed by atoms with van der Waals surface area (Å²) in [6.07, 6.45) is -1.29. The predicted molar refractivity (Wildman–Crippen MR) is 93.0 cm³/mol. The monoisotopic (exact) mass is 391 g/mol. The van der Waals surface area contributed by atoms with Crippen LogP contribution < -0.4 is 5.32 Å². The zero-order chi connectivity index (χ0) is 17.2. The van der Waals surface area contributed by atoms with Gasteiger partial charge in [0.25, 0.3) is 0 Å². The molecule has 1 aliphatic carbocycles. The van der Waals surface area contributed by atoms with Gasteiger partial charge in [0.05, 0.1) is 26.7 Å². The van der Waals surface area contributed by atoms with Crippen LogP contribution >= 0.6 is 34.8 Å². The molecular weight excluding hydrogens is 377 g/mol. The molecule has 0 bridgehead atoms. The van der Waals surface area contributed by atoms with Crippen LogP contribution in [0.4, 0.5) is 5.95 Å². The van der Waals surface area contributed by atoms with Gasteiger partial charge in [-0.15, -0.1) is 0 Å². The standard InChI is InChI=1S/C15H16Cl3N3O3/c1-5-12(22)13(23)14(24-5)21-8-4-7(16)9(17)10(18)11(8)20-15(21)19-6-2-3-6/h4-6,12-14,22-23H,2-3H2,1H3,(H,19,20)/t5-,12-,13-,14-/m1/s1. The van der Waals surface area contributed by atoms with Gasteiger partial charge >= 0.3 is 0 Å². The molecule has 2 heterocycles. The Kier molecular flexibility index (Phi) is 4.10. The molecule has 0 radical (unpaired) electrons. The normalized spacial score (nSPS) is 30.2. The fourth-order valence-electron chi connectivity index (χ4n) is 2.95. The number of anilines is 1. The fourth-order valence-corrected chi connectivity index (χ4v) is 3.58. The number of nitrogens with zero attached hydrogens (tertiary/aromatic N) is 2. The van der Waals surface area contributed by atoms with Gasteiger partial charge in [0.2, 0.25) is 5.95 Å². The Morgan fingerprint density at radius 1 is 1.21 bits per heavy atom. The number of aromatic nitrogens is 2. The molecule has 0 spiro atoms. The summed E-state index contributed by atoms with van der Waals surface area (Å²) in [6, 6.07) is 1.97. The lowest BCUT2D eigenvalue weighted by Crippen LogP contribution is -2.30. The summed E-state index contributed by atoms with van der Waals surface area (Å²) >= 11 is 18.6. The Morgan fingerprint density at radius 3 is 2.50 bits per heavy atom. The Bertz CT molecular complexity index is 808. The van der Waals surface area contributed by atoms with Crippen molar-refractivity contribution in [2.75, 3.05) is 5.32 Å². The third-order valence-electron chi connectivity index (χ3n) is 4.46. The lowest BCUT2D eigenvalue weighted by atomic mass is 10.1. The predicted octanol–water partition coefficient (Wildman–Crippen LogP) is 3.21. The van der Waals surface area contributed by atoms with Crippen molar-refractivity contribution in [3.63, 3.8) is 0 Å². The van der Waals surface area contributed by atoms with E-state index in [1.165, 1.54) is 0 Å². The summed E-state index contributed by atoms with van der Waals surface area (Å²) in [5.74, 6) is 0.512. The number of ether oxygens (including phenoxy) is 1. The molecular formula is C15H16Cl3N3O3. The Labute approximate surface area is 153 Å². The Morgan fingerprint density at radius 2 is 1.92 bits per heavy atom. The van der Waals surface area contributed by atoms with E-state index >= 15 is 0 Å². The van der Waals surface area contributed by atoms with E-state index in [0.717, 1.165) is 12.8 Å². The second-order valence-corrected chi connectivity index (χ2v) is 7.45. The number of nitrogens with one attached hydrogen (secondary N) is 1. The number of rotatable bonds is 3. The highest BCUT2D eigenvalue weighted by Gasteiger charge is 2.43. The molecule has 1 saturated carbocycles. The van der Waals surface area contributed by atoms with Gasteiger partial charge < -0.3 is 20.3 Å². The minimum absolute atomic E-state index is 0.231. The fraction of sp³-hybridized carbons (Fsp3) is 0.533. The first-order valence-corrected chi connectivity index (χ1v) is 8.85. The minimum Gasteiger partial charge on any atom is -0.388 e. The molecule has 6 nitrogen and oxygen atoms in total. The van der Waals surface area contributed by atoms with Crippen molar-refractivity contribution in [3.05, 3.63) is 21.1 Å². The van der Waals surface area contributed by atoms with Gasteiger partial charge in [0, 0.05) is 6.04 Å². The van der Waals surface area contributed by atoms with Crippen LogP contribution in [0.5, 0.6) is 0 Å². The van der Waals surface area contributed by atoms with Gasteiger partial charge in [-0.3, -0.25) is 4.57 Å². The number of imidazole rings is 1. The number of hydrogen-bond acceptors (Lipinski definition) is 5. The molecule has 1 aromatic heterocycles. The third kappa shape index (κ3) is 2.57. The molecule has 2 fully saturated rings. The summed E-state index contributed by atoms with van der Waals surface area (Å²) < 4.78 is 7.45. The van der Waals surface area contributed by atoms with E-state index in [-0.39, 0.29) is 15.1 Å². The van der Waals surface area contributed by atoms with Crippen LogP contribution in [-0.4, -0.2) is 44.1 Å². The molecule has 2 aliphatic rings. The second-order valence-electron chi connectivity index (χ2n) is 6.29. The largest absolute Gasteiger partial charge is 0.388 e. The van der Waals surface area contributed by atoms with Gasteiger partial charge in [0.15, 0.2) is 6.23 Å². The molecule has 130 valence electrons. The molecule has 2 aromatic rings. The molecule has 24 heavy (non-hydrogen) atoms. The molecule has 0 amide bonds. The highest BCUT2D eigenvalue weighted by Crippen LogP contribution is 2.42. The van der Waals surface area contributed by atoms with Gasteiger partial charge in [0.1, 0.15) is 17.7 Å². The van der Waals surface area contributed by atoms with Crippen LogP contribution in [0.1, 0.15) is 26.0 Å². The van der Waals surface area contributed by atoms with Crippen LogP contribution in [0.2, 0.25) is 15.1 Å². The summed E-state index contributed by atoms with van der Waals surface area (Å²) in [4.78, 5) is 4.53. The lowest BCUT2D eigenvalue weighted by molar-refractivity contribution is -0.0284. The highest BCUT2D eigenvalue weighted by atomic mass is 35.5. The Hall–Kier alpha value is -0.760. The van der Waals surface area contributed by atoms with E-state index in [2.05, 4.69) is 10.3 Å². The number of fused-ring (bicyclic) bond motifs is 1. The topological polar surface area (TPSA) is 79.5 Å². The molecule has 9 heteroatoms. The maximum Gasteiger partial charge on any atom is 0.206 e. The number of aliphatic hydroxyl groups is 2. The molecule has 1 aromatic carbocycles. The minimum atomic E-state index is -1.09. The quantitative estimate of drug-likeness (QED) is 0.699. The van der Waals surface area contributed by atoms with Gasteiger partial charge in [-0.05, 0) is 25.8 Å². The van der Waals surface area contributed by atoms with E-state index in [9.17, 15) is 10.2 Å². The van der Waals surface area contributed by atoms with Crippen LogP contribution in [0.25, 0.3) is 11.0 Å². The summed E-state index contributed by atoms with van der Waals surface area (Å²) in [5, 5.41) is 24.5. The average Bonchev–Trinajstić information content (AvgIpc) is 3.25. The second kappa shape index (κ2) is 5.90. The first-order valence-electron chi connectivity index (χ1n) is 7.72. The summed E-state index contributed by atoms with van der Waals surface area (Å²) in [6.45, 7) is 1.71. The number of hydrogen-bond donors (Lipinski definition) is 3. The van der Waals surface area contributed by atoms with E-state index in [1.54, 1.807) is 17.6 Å². The number of benzene rings is 1. The average molecular weight is 393 g/mol. The first-order chi connectivity index (χ1) is 11.4. The van der Waals surface area contributed by atoms with Crippen molar-refractivity contribution in [2.45, 2.75) is 50.3 Å². The van der Waals surface area contributed by atoms with E-state index in [4.69, 9.17) is 39.5 Å². The van der Waals surface area contributed by atoms with Crippen molar-refractivity contribution in [3.8, 4) is 0 Å². The van der Waals surface area contributed by atoms with Crippen LogP contribution in [0.3, 0.4) is 0 Å². The van der Waals surface area contributed by atoms with Crippen LogP contribution in [0, 0.1) is 0 Å². The number of halogens is 3.